The van der Waals surface area contributed by atoms with Crippen molar-refractivity contribution in [3.8, 4) is 5.75 Å². The van der Waals surface area contributed by atoms with E-state index in [1.54, 1.807) is 18.7 Å². The summed E-state index contributed by atoms with van der Waals surface area (Å²) in [5, 5.41) is 16.1. The molecule has 0 aliphatic carbocycles. The number of rotatable bonds is 7. The average Bonchev–Trinajstić information content (AvgIpc) is 3.12. The van der Waals surface area contributed by atoms with Gasteiger partial charge in [0, 0.05) is 11.9 Å². The molecule has 0 amide bonds. The Morgan fingerprint density at radius 2 is 2.17 bits per heavy atom. The summed E-state index contributed by atoms with van der Waals surface area (Å²) in [4.78, 5) is 15.7. The zero-order valence-electron chi connectivity index (χ0n) is 12.6. The van der Waals surface area contributed by atoms with Crippen LogP contribution in [-0.2, 0) is 6.42 Å². The van der Waals surface area contributed by atoms with E-state index in [-0.39, 0.29) is 5.82 Å². The minimum atomic E-state index is -0.404. The average molecular weight is 332 g/mol. The van der Waals surface area contributed by atoms with Gasteiger partial charge < -0.3 is 20.2 Å². The smallest absolute Gasteiger partial charge is 0.372 e. The van der Waals surface area contributed by atoms with Crippen LogP contribution in [0.15, 0.2) is 35.8 Å². The molecule has 2 heterocycles. The molecular weight excluding hydrogens is 316 g/mol. The van der Waals surface area contributed by atoms with Gasteiger partial charge in [0.2, 0.25) is 5.82 Å². The lowest BCUT2D eigenvalue weighted by Gasteiger charge is -2.05. The number of thiazole rings is 1. The molecule has 0 atom stereocenters. The molecule has 2 aromatic heterocycles. The fraction of sp³-hybridized carbons (Fsp3) is 0.267. The Bertz CT molecular complexity index is 810. The molecule has 8 heteroatoms. The van der Waals surface area contributed by atoms with Gasteiger partial charge in [0.25, 0.3) is 4.96 Å². The zero-order chi connectivity index (χ0) is 16.2. The van der Waals surface area contributed by atoms with E-state index >= 15 is 0 Å². The maximum Gasteiger partial charge on any atom is 0.372 e. The molecule has 0 aliphatic rings. The first-order valence-electron chi connectivity index (χ1n) is 7.16. The van der Waals surface area contributed by atoms with E-state index in [0.717, 1.165) is 18.6 Å². The second-order valence-corrected chi connectivity index (χ2v) is 5.85. The standard InChI is InChI=1S/C15H16N4O3S/c1-22-12-6-4-11(5-7-12)3-2-8-16-13-14(19(20)21)18-9-10-23-15(18)17-13/h4-7,9-10,16H,2-3,8H2,1H3. The first-order valence-corrected chi connectivity index (χ1v) is 8.04. The second-order valence-electron chi connectivity index (χ2n) is 4.98. The highest BCUT2D eigenvalue weighted by molar-refractivity contribution is 7.15. The molecule has 23 heavy (non-hydrogen) atoms. The van der Waals surface area contributed by atoms with E-state index in [0.29, 0.717) is 17.3 Å². The molecule has 0 saturated carbocycles. The number of nitrogens with one attached hydrogen (secondary N) is 1. The van der Waals surface area contributed by atoms with Crippen molar-refractivity contribution in [1.82, 2.24) is 9.38 Å². The number of anilines is 1. The molecular formula is C15H16N4O3S. The normalized spacial score (nSPS) is 10.8. The Balaban J connectivity index is 1.59. The monoisotopic (exact) mass is 332 g/mol. The van der Waals surface area contributed by atoms with E-state index in [2.05, 4.69) is 10.3 Å². The van der Waals surface area contributed by atoms with E-state index in [4.69, 9.17) is 4.74 Å². The van der Waals surface area contributed by atoms with Crippen LogP contribution in [0.5, 0.6) is 5.75 Å². The lowest BCUT2D eigenvalue weighted by atomic mass is 10.1. The summed E-state index contributed by atoms with van der Waals surface area (Å²) in [7, 11) is 1.64. The van der Waals surface area contributed by atoms with Gasteiger partial charge in [-0.2, -0.15) is 9.38 Å². The van der Waals surface area contributed by atoms with E-state index in [1.165, 1.54) is 21.3 Å². The molecule has 0 saturated heterocycles. The third kappa shape index (κ3) is 3.26. The molecule has 0 unspecified atom stereocenters. The van der Waals surface area contributed by atoms with Crippen LogP contribution in [0.25, 0.3) is 4.96 Å². The van der Waals surface area contributed by atoms with Crippen LogP contribution < -0.4 is 10.1 Å². The molecule has 1 aromatic carbocycles. The van der Waals surface area contributed by atoms with Crippen LogP contribution in [0.4, 0.5) is 11.6 Å². The molecule has 7 nitrogen and oxygen atoms in total. The Morgan fingerprint density at radius 1 is 1.39 bits per heavy atom. The summed E-state index contributed by atoms with van der Waals surface area (Å²) in [6.07, 6.45) is 3.40. The third-order valence-corrected chi connectivity index (χ3v) is 4.26. The van der Waals surface area contributed by atoms with Crippen LogP contribution in [-0.4, -0.2) is 28.0 Å². The summed E-state index contributed by atoms with van der Waals surface area (Å²) >= 11 is 1.37. The summed E-state index contributed by atoms with van der Waals surface area (Å²) < 4.78 is 6.62. The van der Waals surface area contributed by atoms with Crippen molar-refractivity contribution >= 4 is 27.9 Å². The molecule has 0 radical (unpaired) electrons. The van der Waals surface area contributed by atoms with Crippen LogP contribution >= 0.6 is 11.3 Å². The number of nitrogens with zero attached hydrogens (tertiary/aromatic N) is 3. The highest BCUT2D eigenvalue weighted by Crippen LogP contribution is 2.27. The van der Waals surface area contributed by atoms with Gasteiger partial charge in [-0.3, -0.25) is 0 Å². The van der Waals surface area contributed by atoms with Gasteiger partial charge in [0.1, 0.15) is 11.9 Å². The summed E-state index contributed by atoms with van der Waals surface area (Å²) in [6.45, 7) is 0.623. The van der Waals surface area contributed by atoms with Crippen molar-refractivity contribution < 1.29 is 9.66 Å². The Kier molecular flexibility index (Phi) is 4.42. The summed E-state index contributed by atoms with van der Waals surface area (Å²) in [6, 6.07) is 7.90. The fourth-order valence-corrected chi connectivity index (χ4v) is 3.07. The Hall–Kier alpha value is -2.61. The van der Waals surface area contributed by atoms with Gasteiger partial charge >= 0.3 is 5.82 Å². The number of ether oxygens (including phenoxy) is 1. The molecule has 120 valence electrons. The lowest BCUT2D eigenvalue weighted by molar-refractivity contribution is -0.389. The van der Waals surface area contributed by atoms with E-state index < -0.39 is 4.92 Å². The maximum atomic E-state index is 11.2. The number of hydrogen-bond donors (Lipinski definition) is 1. The molecule has 3 rings (SSSR count). The van der Waals surface area contributed by atoms with Gasteiger partial charge in [0.05, 0.1) is 7.11 Å². The van der Waals surface area contributed by atoms with Crippen molar-refractivity contribution in [2.24, 2.45) is 0 Å². The quantitative estimate of drug-likeness (QED) is 0.407. The largest absolute Gasteiger partial charge is 0.497 e. The minimum Gasteiger partial charge on any atom is -0.497 e. The first kappa shape index (κ1) is 15.3. The van der Waals surface area contributed by atoms with Crippen molar-refractivity contribution in [2.75, 3.05) is 19.0 Å². The van der Waals surface area contributed by atoms with Gasteiger partial charge in [-0.25, -0.2) is 0 Å². The van der Waals surface area contributed by atoms with Crippen LogP contribution in [0, 0.1) is 10.1 Å². The predicted octanol–water partition coefficient (Wildman–Crippen LogP) is 3.36. The number of methoxy groups -OCH3 is 1. The predicted molar refractivity (Wildman–Crippen MR) is 89.5 cm³/mol. The van der Waals surface area contributed by atoms with Crippen molar-refractivity contribution in [2.45, 2.75) is 12.8 Å². The zero-order valence-corrected chi connectivity index (χ0v) is 13.4. The van der Waals surface area contributed by atoms with E-state index in [1.807, 2.05) is 24.3 Å². The van der Waals surface area contributed by atoms with Gasteiger partial charge in [-0.15, -0.1) is 0 Å². The third-order valence-electron chi connectivity index (χ3n) is 3.50. The number of fused-ring (bicyclic) bond motifs is 1. The lowest BCUT2D eigenvalue weighted by Crippen LogP contribution is -2.06. The Morgan fingerprint density at radius 3 is 2.87 bits per heavy atom. The van der Waals surface area contributed by atoms with Crippen LogP contribution in [0.3, 0.4) is 0 Å². The summed E-state index contributed by atoms with van der Waals surface area (Å²) in [5.74, 6) is 1.16. The molecule has 0 bridgehead atoms. The summed E-state index contributed by atoms with van der Waals surface area (Å²) in [5.41, 5.74) is 1.20. The minimum absolute atomic E-state index is 0.00861. The van der Waals surface area contributed by atoms with Crippen LogP contribution in [0.2, 0.25) is 0 Å². The second kappa shape index (κ2) is 6.66. The molecule has 1 N–H and O–H groups in total. The van der Waals surface area contributed by atoms with Crippen molar-refractivity contribution in [3.05, 3.63) is 51.5 Å². The number of benzene rings is 1. The number of imidazole rings is 1. The van der Waals surface area contributed by atoms with Gasteiger partial charge in [-0.05, 0) is 35.5 Å². The fourth-order valence-electron chi connectivity index (χ4n) is 2.36. The topological polar surface area (TPSA) is 81.7 Å². The number of nitro groups is 1. The number of hydrogen-bond acceptors (Lipinski definition) is 6. The molecule has 3 aromatic rings. The highest BCUT2D eigenvalue weighted by Gasteiger charge is 2.22. The SMILES string of the molecule is COc1ccc(CCCNc2nc3sccn3c2[N+](=O)[O-])cc1. The highest BCUT2D eigenvalue weighted by atomic mass is 32.1. The van der Waals surface area contributed by atoms with Crippen LogP contribution in [0.1, 0.15) is 12.0 Å². The molecule has 0 spiro atoms. The first-order chi connectivity index (χ1) is 11.2. The maximum absolute atomic E-state index is 11.2. The van der Waals surface area contributed by atoms with Crippen molar-refractivity contribution in [3.63, 3.8) is 0 Å². The number of aromatic nitrogens is 2. The molecule has 0 fully saturated rings. The van der Waals surface area contributed by atoms with E-state index in [9.17, 15) is 10.1 Å². The van der Waals surface area contributed by atoms with Gasteiger partial charge in [-0.1, -0.05) is 23.5 Å². The number of aryl methyl sites for hydroxylation is 1. The molecule has 0 aliphatic heterocycles. The van der Waals surface area contributed by atoms with Crippen molar-refractivity contribution in [1.29, 1.82) is 0 Å². The van der Waals surface area contributed by atoms with Gasteiger partial charge in [0.15, 0.2) is 0 Å². The Labute approximate surface area is 136 Å².